The second kappa shape index (κ2) is 12.3. The number of anilines is 2. The number of nitrogens with zero attached hydrogens (tertiary/aromatic N) is 4. The number of hydrogen-bond acceptors (Lipinski definition) is 8. The van der Waals surface area contributed by atoms with Crippen LogP contribution in [-0.4, -0.2) is 74.4 Å². The summed E-state index contributed by atoms with van der Waals surface area (Å²) in [6, 6.07) is 10.1. The van der Waals surface area contributed by atoms with Crippen molar-refractivity contribution in [1.29, 1.82) is 5.26 Å². The number of halogens is 2. The third-order valence-electron chi connectivity index (χ3n) is 9.24. The van der Waals surface area contributed by atoms with Crippen molar-refractivity contribution in [2.45, 2.75) is 44.6 Å². The minimum Gasteiger partial charge on any atom is -0.495 e. The maximum absolute atomic E-state index is 9.82. The number of rotatable bonds is 10. The molecule has 3 heterocycles. The van der Waals surface area contributed by atoms with Gasteiger partial charge in [0.2, 0.25) is 0 Å². The van der Waals surface area contributed by atoms with Gasteiger partial charge < -0.3 is 24.4 Å². The highest BCUT2D eigenvalue weighted by molar-refractivity contribution is 6.37. The standard InChI is InChI=1S/C32H37Cl2N5O3/c1-40-28-16-27(24(33)14-25(28)34)37-31-21(17-35)18-36-26-15-30(29(41-2)13-23(26)31)42-12-4-9-38-10-7-32(8-11-38)19-39(20-32)22-5-3-6-22/h13-16,18,22H,3-12,19-20H2,1-2H3,(H,36,37). The molecule has 1 saturated carbocycles. The Morgan fingerprint density at radius 2 is 1.79 bits per heavy atom. The number of likely N-dealkylation sites (tertiary alicyclic amines) is 2. The van der Waals surface area contributed by atoms with Crippen LogP contribution in [0.25, 0.3) is 10.9 Å². The second-order valence-electron chi connectivity index (χ2n) is 11.8. The van der Waals surface area contributed by atoms with Gasteiger partial charge in [-0.3, -0.25) is 9.88 Å². The minimum atomic E-state index is 0.365. The van der Waals surface area contributed by atoms with Gasteiger partial charge in [0.1, 0.15) is 11.8 Å². The van der Waals surface area contributed by atoms with E-state index in [0.717, 1.165) is 19.0 Å². The van der Waals surface area contributed by atoms with E-state index in [4.69, 9.17) is 37.4 Å². The van der Waals surface area contributed by atoms with E-state index >= 15 is 0 Å². The maximum Gasteiger partial charge on any atom is 0.163 e. The molecule has 0 atom stereocenters. The number of nitriles is 1. The van der Waals surface area contributed by atoms with Crippen LogP contribution < -0.4 is 19.5 Å². The van der Waals surface area contributed by atoms with E-state index in [9.17, 15) is 5.26 Å². The SMILES string of the molecule is COc1cc(Nc2c(C#N)cnc3cc(OCCCN4CCC5(CC4)CN(C4CCC4)C5)c(OC)cc23)c(Cl)cc1Cl. The number of fused-ring (bicyclic) bond motifs is 1. The molecular formula is C32H37Cl2N5O3. The third-order valence-corrected chi connectivity index (χ3v) is 9.84. The zero-order valence-corrected chi connectivity index (χ0v) is 25.7. The quantitative estimate of drug-likeness (QED) is 0.249. The van der Waals surface area contributed by atoms with Crippen molar-refractivity contribution in [3.05, 3.63) is 46.1 Å². The smallest absolute Gasteiger partial charge is 0.163 e. The molecule has 0 amide bonds. The Morgan fingerprint density at radius 1 is 1.02 bits per heavy atom. The number of benzene rings is 2. The molecule has 42 heavy (non-hydrogen) atoms. The highest BCUT2D eigenvalue weighted by atomic mass is 35.5. The molecule has 3 aromatic rings. The lowest BCUT2D eigenvalue weighted by Crippen LogP contribution is -2.64. The summed E-state index contributed by atoms with van der Waals surface area (Å²) in [7, 11) is 3.15. The van der Waals surface area contributed by atoms with Crippen molar-refractivity contribution >= 4 is 45.5 Å². The maximum atomic E-state index is 9.82. The van der Waals surface area contributed by atoms with Crippen LogP contribution >= 0.6 is 23.2 Å². The lowest BCUT2D eigenvalue weighted by atomic mass is 9.70. The average molecular weight is 611 g/mol. The molecule has 2 aliphatic heterocycles. The van der Waals surface area contributed by atoms with Crippen LogP contribution in [0.2, 0.25) is 10.0 Å². The van der Waals surface area contributed by atoms with Crippen LogP contribution in [0.3, 0.4) is 0 Å². The molecule has 222 valence electrons. The summed E-state index contributed by atoms with van der Waals surface area (Å²) in [6.07, 6.45) is 9.35. The number of ether oxygens (including phenoxy) is 3. The van der Waals surface area contributed by atoms with Crippen molar-refractivity contribution in [2.24, 2.45) is 5.41 Å². The lowest BCUT2D eigenvalue weighted by Gasteiger charge is -2.58. The number of piperidine rings is 1. The van der Waals surface area contributed by atoms with Crippen LogP contribution in [-0.2, 0) is 0 Å². The number of pyridine rings is 1. The van der Waals surface area contributed by atoms with Crippen LogP contribution in [0, 0.1) is 16.7 Å². The Kier molecular flexibility index (Phi) is 8.56. The topological polar surface area (TPSA) is 82.9 Å². The van der Waals surface area contributed by atoms with Crippen molar-refractivity contribution < 1.29 is 14.2 Å². The van der Waals surface area contributed by atoms with Crippen LogP contribution in [0.1, 0.15) is 44.1 Å². The van der Waals surface area contributed by atoms with Gasteiger partial charge in [-0.15, -0.1) is 0 Å². The Balaban J connectivity index is 1.09. The molecule has 1 spiro atoms. The van der Waals surface area contributed by atoms with Crippen molar-refractivity contribution in [2.75, 3.05) is 58.9 Å². The van der Waals surface area contributed by atoms with E-state index < -0.39 is 0 Å². The monoisotopic (exact) mass is 609 g/mol. The first kappa shape index (κ1) is 29.1. The summed E-state index contributed by atoms with van der Waals surface area (Å²) in [4.78, 5) is 9.83. The van der Waals surface area contributed by atoms with Gasteiger partial charge in [-0.25, -0.2) is 0 Å². The summed E-state index contributed by atoms with van der Waals surface area (Å²) in [5.74, 6) is 1.67. The molecule has 2 aromatic carbocycles. The van der Waals surface area contributed by atoms with Crippen molar-refractivity contribution in [3.63, 3.8) is 0 Å². The normalized spacial score (nSPS) is 18.7. The fraction of sp³-hybridized carbons (Fsp3) is 0.500. The fourth-order valence-corrected chi connectivity index (χ4v) is 6.98. The van der Waals surface area contributed by atoms with E-state index in [-0.39, 0.29) is 0 Å². The molecule has 2 saturated heterocycles. The summed E-state index contributed by atoms with van der Waals surface area (Å²) < 4.78 is 17.2. The zero-order chi connectivity index (χ0) is 29.3. The zero-order valence-electron chi connectivity index (χ0n) is 24.2. The lowest BCUT2D eigenvalue weighted by molar-refractivity contribution is -0.0851. The summed E-state index contributed by atoms with van der Waals surface area (Å²) in [5.41, 5.74) is 2.73. The Morgan fingerprint density at radius 3 is 2.45 bits per heavy atom. The van der Waals surface area contributed by atoms with Crippen LogP contribution in [0.4, 0.5) is 11.4 Å². The Labute approximate surface area is 257 Å². The van der Waals surface area contributed by atoms with Gasteiger partial charge in [-0.1, -0.05) is 29.6 Å². The molecule has 0 radical (unpaired) electrons. The van der Waals surface area contributed by atoms with Gasteiger partial charge in [-0.05, 0) is 62.7 Å². The van der Waals surface area contributed by atoms with Gasteiger partial charge in [0.05, 0.1) is 53.3 Å². The largest absolute Gasteiger partial charge is 0.495 e. The summed E-state index contributed by atoms with van der Waals surface area (Å²) >= 11 is 12.7. The van der Waals surface area contributed by atoms with Gasteiger partial charge in [0.15, 0.2) is 11.5 Å². The highest BCUT2D eigenvalue weighted by Gasteiger charge is 2.47. The van der Waals surface area contributed by atoms with E-state index in [1.807, 2.05) is 12.1 Å². The first-order valence-corrected chi connectivity index (χ1v) is 15.5. The third kappa shape index (κ3) is 5.80. The van der Waals surface area contributed by atoms with Gasteiger partial charge >= 0.3 is 0 Å². The molecule has 10 heteroatoms. The molecule has 0 bridgehead atoms. The van der Waals surface area contributed by atoms with E-state index in [1.54, 1.807) is 25.4 Å². The molecular weight excluding hydrogens is 573 g/mol. The Bertz CT molecular complexity index is 1490. The average Bonchev–Trinajstić information content (AvgIpc) is 2.95. The predicted molar refractivity (Wildman–Crippen MR) is 167 cm³/mol. The van der Waals surface area contributed by atoms with Crippen LogP contribution in [0.15, 0.2) is 30.5 Å². The Hall–Kier alpha value is -2.96. The van der Waals surface area contributed by atoms with E-state index in [1.165, 1.54) is 65.4 Å². The molecule has 3 aliphatic rings. The minimum absolute atomic E-state index is 0.365. The van der Waals surface area contributed by atoms with E-state index in [0.29, 0.717) is 67.2 Å². The van der Waals surface area contributed by atoms with Gasteiger partial charge in [0, 0.05) is 49.4 Å². The number of aromatic nitrogens is 1. The second-order valence-corrected chi connectivity index (χ2v) is 12.6. The van der Waals surface area contributed by atoms with E-state index in [2.05, 4.69) is 26.2 Å². The summed E-state index contributed by atoms with van der Waals surface area (Å²) in [6.45, 7) is 6.61. The van der Waals surface area contributed by atoms with Gasteiger partial charge in [0.25, 0.3) is 0 Å². The molecule has 3 fully saturated rings. The predicted octanol–water partition coefficient (Wildman–Crippen LogP) is 6.89. The molecule has 6 rings (SSSR count). The van der Waals surface area contributed by atoms with Crippen molar-refractivity contribution in [1.82, 2.24) is 14.8 Å². The molecule has 1 N–H and O–H groups in total. The molecule has 1 aromatic heterocycles. The first-order valence-electron chi connectivity index (χ1n) is 14.7. The summed E-state index contributed by atoms with van der Waals surface area (Å²) in [5, 5.41) is 14.6. The fourth-order valence-electron chi connectivity index (χ4n) is 6.47. The molecule has 1 aliphatic carbocycles. The first-order chi connectivity index (χ1) is 20.4. The van der Waals surface area contributed by atoms with Crippen LogP contribution in [0.5, 0.6) is 17.2 Å². The highest BCUT2D eigenvalue weighted by Crippen LogP contribution is 2.44. The number of methoxy groups -OCH3 is 2. The number of hydrogen-bond donors (Lipinski definition) is 1. The van der Waals surface area contributed by atoms with Crippen molar-refractivity contribution in [3.8, 4) is 23.3 Å². The van der Waals surface area contributed by atoms with Gasteiger partial charge in [-0.2, -0.15) is 5.26 Å². The number of nitrogens with one attached hydrogen (secondary N) is 1. The molecule has 0 unspecified atom stereocenters. The molecule has 8 nitrogen and oxygen atoms in total.